The first-order valence-corrected chi connectivity index (χ1v) is 4.83. The van der Waals surface area contributed by atoms with Crippen LogP contribution in [-0.2, 0) is 9.59 Å². The number of hydrogen-bond acceptors (Lipinski definition) is 4. The molecule has 96 valence electrons. The number of aliphatic hydroxyl groups excluding tert-OH is 1. The Kier molecular flexibility index (Phi) is 19.5. The summed E-state index contributed by atoms with van der Waals surface area (Å²) in [6.45, 7) is 5.02. The molecule has 0 atom stereocenters. The minimum Gasteiger partial charge on any atom is -0.481 e. The largest absolute Gasteiger partial charge is 0.481 e. The molecule has 4 N–H and O–H groups in total. The standard InChI is InChI=1S/C4H8O2.2C3H6O2/c1-2-3-4(5)6;2*1-2-3(4)5/h3,5-6H,2H2,1H3;2*2H2,1H3,(H,4,5). The van der Waals surface area contributed by atoms with Crippen LogP contribution in [0.15, 0.2) is 12.0 Å². The topological polar surface area (TPSA) is 115 Å². The molecule has 0 amide bonds. The van der Waals surface area contributed by atoms with Crippen LogP contribution in [0, 0.1) is 0 Å². The van der Waals surface area contributed by atoms with Gasteiger partial charge in [0.1, 0.15) is 0 Å². The van der Waals surface area contributed by atoms with Crippen molar-refractivity contribution in [3.63, 3.8) is 0 Å². The van der Waals surface area contributed by atoms with Gasteiger partial charge in [-0.05, 0) is 12.5 Å². The maximum Gasteiger partial charge on any atom is 0.303 e. The van der Waals surface area contributed by atoms with Crippen molar-refractivity contribution in [2.45, 2.75) is 40.0 Å². The summed E-state index contributed by atoms with van der Waals surface area (Å²) >= 11 is 0. The highest BCUT2D eigenvalue weighted by Gasteiger charge is 1.81. The number of carboxylic acids is 2. The summed E-state index contributed by atoms with van der Waals surface area (Å²) in [6, 6.07) is 0. The zero-order valence-corrected chi connectivity index (χ0v) is 9.80. The Morgan fingerprint density at radius 3 is 1.12 bits per heavy atom. The number of aliphatic carboxylic acids is 2. The molecular weight excluding hydrogens is 216 g/mol. The molecule has 0 aromatic heterocycles. The van der Waals surface area contributed by atoms with Crippen LogP contribution in [0.3, 0.4) is 0 Å². The molecule has 0 saturated heterocycles. The minimum absolute atomic E-state index is 0.222. The van der Waals surface area contributed by atoms with Crippen LogP contribution in [0.5, 0.6) is 0 Å². The van der Waals surface area contributed by atoms with E-state index in [1.54, 1.807) is 13.8 Å². The fourth-order valence-corrected chi connectivity index (χ4v) is 0.183. The number of hydrogen-bond donors (Lipinski definition) is 4. The van der Waals surface area contributed by atoms with Crippen molar-refractivity contribution in [1.29, 1.82) is 0 Å². The SMILES string of the molecule is CCC(=O)O.CCC(=O)O.CCC=C(O)O. The molecule has 0 bridgehead atoms. The van der Waals surface area contributed by atoms with E-state index in [0.29, 0.717) is 6.42 Å². The minimum atomic E-state index is -0.745. The molecule has 0 aromatic rings. The predicted molar refractivity (Wildman–Crippen MR) is 59.5 cm³/mol. The van der Waals surface area contributed by atoms with Gasteiger partial charge in [-0.3, -0.25) is 9.59 Å². The van der Waals surface area contributed by atoms with Crippen molar-refractivity contribution in [2.75, 3.05) is 0 Å². The lowest BCUT2D eigenvalue weighted by Crippen LogP contribution is -1.86. The molecule has 0 aliphatic heterocycles. The molecule has 0 unspecified atom stereocenters. The lowest BCUT2D eigenvalue weighted by molar-refractivity contribution is -0.137. The molecule has 0 radical (unpaired) electrons. The van der Waals surface area contributed by atoms with E-state index in [0.717, 1.165) is 0 Å². The molecule has 0 rings (SSSR count). The summed E-state index contributed by atoms with van der Waals surface area (Å²) < 4.78 is 0. The third-order valence-electron chi connectivity index (χ3n) is 0.992. The molecule has 0 aliphatic carbocycles. The fraction of sp³-hybridized carbons (Fsp3) is 0.600. The van der Waals surface area contributed by atoms with E-state index in [1.807, 2.05) is 6.92 Å². The van der Waals surface area contributed by atoms with Crippen LogP contribution in [0.2, 0.25) is 0 Å². The number of aliphatic hydroxyl groups is 2. The summed E-state index contributed by atoms with van der Waals surface area (Å²) in [6.07, 6.45) is 2.43. The molecular formula is C10H20O6. The summed E-state index contributed by atoms with van der Waals surface area (Å²) in [5.41, 5.74) is 0. The van der Waals surface area contributed by atoms with Crippen molar-refractivity contribution >= 4 is 11.9 Å². The smallest absolute Gasteiger partial charge is 0.303 e. The highest BCUT2D eigenvalue weighted by atomic mass is 16.5. The summed E-state index contributed by atoms with van der Waals surface area (Å²) in [7, 11) is 0. The first-order chi connectivity index (χ1) is 7.31. The quantitative estimate of drug-likeness (QED) is 0.559. The Morgan fingerprint density at radius 1 is 0.875 bits per heavy atom. The van der Waals surface area contributed by atoms with Crippen molar-refractivity contribution in [1.82, 2.24) is 0 Å². The molecule has 0 heterocycles. The molecule has 6 heteroatoms. The Bertz CT molecular complexity index is 191. The van der Waals surface area contributed by atoms with Gasteiger partial charge < -0.3 is 20.4 Å². The zero-order chi connectivity index (χ0) is 13.6. The van der Waals surface area contributed by atoms with Crippen molar-refractivity contribution < 1.29 is 30.0 Å². The fourth-order valence-electron chi connectivity index (χ4n) is 0.183. The van der Waals surface area contributed by atoms with Crippen LogP contribution < -0.4 is 0 Å². The summed E-state index contributed by atoms with van der Waals surface area (Å²) in [5.74, 6) is -2.08. The Labute approximate surface area is 94.8 Å². The third kappa shape index (κ3) is 56.0. The van der Waals surface area contributed by atoms with Crippen molar-refractivity contribution in [3.05, 3.63) is 12.0 Å². The van der Waals surface area contributed by atoms with Crippen molar-refractivity contribution in [2.24, 2.45) is 0 Å². The van der Waals surface area contributed by atoms with E-state index >= 15 is 0 Å². The second kappa shape index (κ2) is 15.7. The van der Waals surface area contributed by atoms with Crippen molar-refractivity contribution in [3.8, 4) is 0 Å². The van der Waals surface area contributed by atoms with E-state index in [2.05, 4.69) is 0 Å². The second-order valence-electron chi connectivity index (χ2n) is 2.47. The molecule has 0 fully saturated rings. The Balaban J connectivity index is -0.000000160. The maximum absolute atomic E-state index is 9.37. The normalized spacial score (nSPS) is 7.44. The molecule has 6 nitrogen and oxygen atoms in total. The van der Waals surface area contributed by atoms with Crippen LogP contribution in [0.1, 0.15) is 40.0 Å². The zero-order valence-electron chi connectivity index (χ0n) is 9.80. The molecule has 0 aromatic carbocycles. The Hall–Kier alpha value is -1.72. The third-order valence-corrected chi connectivity index (χ3v) is 0.992. The Morgan fingerprint density at radius 2 is 1.12 bits per heavy atom. The average Bonchev–Trinajstić information content (AvgIpc) is 2.19. The lowest BCUT2D eigenvalue weighted by Gasteiger charge is -1.79. The number of carboxylic acid groups (broad SMARTS) is 2. The van der Waals surface area contributed by atoms with Gasteiger partial charge in [-0.25, -0.2) is 0 Å². The highest BCUT2D eigenvalue weighted by Crippen LogP contribution is 1.81. The summed E-state index contributed by atoms with van der Waals surface area (Å²) in [5, 5.41) is 31.4. The van der Waals surface area contributed by atoms with E-state index in [-0.39, 0.29) is 12.8 Å². The van der Waals surface area contributed by atoms with Crippen LogP contribution >= 0.6 is 0 Å². The van der Waals surface area contributed by atoms with Gasteiger partial charge in [-0.15, -0.1) is 0 Å². The first kappa shape index (κ1) is 19.8. The lowest BCUT2D eigenvalue weighted by atomic mass is 10.5. The van der Waals surface area contributed by atoms with Gasteiger partial charge in [0.2, 0.25) is 0 Å². The first-order valence-electron chi connectivity index (χ1n) is 4.83. The van der Waals surface area contributed by atoms with E-state index < -0.39 is 17.9 Å². The predicted octanol–water partition coefficient (Wildman–Crippen LogP) is 2.32. The molecule has 16 heavy (non-hydrogen) atoms. The molecule has 0 aliphatic rings. The maximum atomic E-state index is 9.37. The molecule has 0 spiro atoms. The van der Waals surface area contributed by atoms with Crippen LogP contribution in [0.4, 0.5) is 0 Å². The van der Waals surface area contributed by atoms with E-state index in [9.17, 15) is 9.59 Å². The number of rotatable bonds is 3. The van der Waals surface area contributed by atoms with Gasteiger partial charge in [-0.1, -0.05) is 20.8 Å². The van der Waals surface area contributed by atoms with Crippen LogP contribution in [0.25, 0.3) is 0 Å². The van der Waals surface area contributed by atoms with Gasteiger partial charge >= 0.3 is 11.9 Å². The van der Waals surface area contributed by atoms with E-state index in [4.69, 9.17) is 20.4 Å². The van der Waals surface area contributed by atoms with Gasteiger partial charge in [-0.2, -0.15) is 0 Å². The van der Waals surface area contributed by atoms with Gasteiger partial charge in [0, 0.05) is 12.8 Å². The molecule has 0 saturated carbocycles. The highest BCUT2D eigenvalue weighted by molar-refractivity contribution is 5.66. The number of allylic oxidation sites excluding steroid dienone is 1. The van der Waals surface area contributed by atoms with Crippen LogP contribution in [-0.4, -0.2) is 32.4 Å². The van der Waals surface area contributed by atoms with E-state index in [1.165, 1.54) is 6.08 Å². The van der Waals surface area contributed by atoms with Gasteiger partial charge in [0.05, 0.1) is 0 Å². The van der Waals surface area contributed by atoms with Gasteiger partial charge in [0.25, 0.3) is 5.95 Å². The monoisotopic (exact) mass is 236 g/mol. The summed E-state index contributed by atoms with van der Waals surface area (Å²) in [4.78, 5) is 18.7. The average molecular weight is 236 g/mol. The second-order valence-corrected chi connectivity index (χ2v) is 2.47. The van der Waals surface area contributed by atoms with Gasteiger partial charge in [0.15, 0.2) is 0 Å². The number of carbonyl (C=O) groups is 2.